The van der Waals surface area contributed by atoms with E-state index in [-0.39, 0.29) is 30.6 Å². The van der Waals surface area contributed by atoms with Crippen LogP contribution >= 0.6 is 0 Å². The summed E-state index contributed by atoms with van der Waals surface area (Å²) in [5.74, 6) is -0.339. The molecule has 0 saturated heterocycles. The van der Waals surface area contributed by atoms with Crippen molar-refractivity contribution in [3.63, 3.8) is 0 Å². The fourth-order valence-corrected chi connectivity index (χ4v) is 1.87. The maximum atomic E-state index is 11.4. The van der Waals surface area contributed by atoms with Gasteiger partial charge in [0.15, 0.2) is 0 Å². The van der Waals surface area contributed by atoms with E-state index in [9.17, 15) is 14.7 Å². The van der Waals surface area contributed by atoms with Crippen molar-refractivity contribution in [1.82, 2.24) is 0 Å². The Morgan fingerprint density at radius 2 is 2.35 bits per heavy atom. The number of hydrogen-bond donors (Lipinski definition) is 3. The van der Waals surface area contributed by atoms with Crippen LogP contribution in [-0.2, 0) is 9.53 Å². The Hall–Kier alpha value is -2.24. The summed E-state index contributed by atoms with van der Waals surface area (Å²) in [6, 6.07) is 4.68. The number of nitrogens with one attached hydrogen (secondary N) is 1. The van der Waals surface area contributed by atoms with Crippen molar-refractivity contribution >= 4 is 17.7 Å². The fraction of sp³-hybridized carbons (Fsp3) is 0.273. The number of amides is 2. The van der Waals surface area contributed by atoms with E-state index in [2.05, 4.69) is 5.32 Å². The number of hydrogen-bond acceptors (Lipinski definition) is 4. The summed E-state index contributed by atoms with van der Waals surface area (Å²) in [6.07, 6.45) is -0.637. The summed E-state index contributed by atoms with van der Waals surface area (Å²) in [4.78, 5) is 22.0. The molecular weight excluding hydrogens is 224 g/mol. The third-order valence-electron chi connectivity index (χ3n) is 2.61. The van der Waals surface area contributed by atoms with Gasteiger partial charge in [-0.25, -0.2) is 4.79 Å². The van der Waals surface area contributed by atoms with Crippen LogP contribution in [0.3, 0.4) is 0 Å². The van der Waals surface area contributed by atoms with E-state index >= 15 is 0 Å². The SMILES string of the molecule is NC(=O)OCC1CC(=O)Nc2cc(O)ccc21. The Morgan fingerprint density at radius 3 is 3.06 bits per heavy atom. The molecule has 0 aliphatic carbocycles. The Bertz CT molecular complexity index is 473. The Kier molecular flexibility index (Phi) is 2.86. The molecule has 1 unspecified atom stereocenters. The standard InChI is InChI=1S/C11H12N2O4/c12-11(16)17-5-6-3-10(15)13-9-4-7(14)1-2-8(6)9/h1-2,4,6,14H,3,5H2,(H2,12,16)(H,13,15). The molecule has 6 heteroatoms. The van der Waals surface area contributed by atoms with Gasteiger partial charge in [0.05, 0.1) is 0 Å². The van der Waals surface area contributed by atoms with Crippen LogP contribution in [-0.4, -0.2) is 23.7 Å². The van der Waals surface area contributed by atoms with Gasteiger partial charge in [0.25, 0.3) is 0 Å². The average Bonchev–Trinajstić information content (AvgIpc) is 2.24. The molecular formula is C11H12N2O4. The second kappa shape index (κ2) is 4.32. The number of primary amides is 1. The monoisotopic (exact) mass is 236 g/mol. The van der Waals surface area contributed by atoms with Crippen molar-refractivity contribution in [3.8, 4) is 5.75 Å². The predicted molar refractivity (Wildman–Crippen MR) is 59.6 cm³/mol. The number of rotatable bonds is 2. The summed E-state index contributed by atoms with van der Waals surface area (Å²) in [6.45, 7) is 0.0561. The molecule has 0 fully saturated rings. The predicted octanol–water partition coefficient (Wildman–Crippen LogP) is 0.913. The van der Waals surface area contributed by atoms with Crippen molar-refractivity contribution in [3.05, 3.63) is 23.8 Å². The van der Waals surface area contributed by atoms with E-state index in [4.69, 9.17) is 10.5 Å². The maximum absolute atomic E-state index is 11.4. The molecule has 0 radical (unpaired) electrons. The van der Waals surface area contributed by atoms with Crippen LogP contribution < -0.4 is 11.1 Å². The average molecular weight is 236 g/mol. The van der Waals surface area contributed by atoms with Crippen LogP contribution in [0.15, 0.2) is 18.2 Å². The molecule has 2 amide bonds. The van der Waals surface area contributed by atoms with Crippen molar-refractivity contribution in [2.75, 3.05) is 11.9 Å². The van der Waals surface area contributed by atoms with Gasteiger partial charge in [0.1, 0.15) is 12.4 Å². The van der Waals surface area contributed by atoms with E-state index < -0.39 is 6.09 Å². The molecule has 2 rings (SSSR count). The summed E-state index contributed by atoms with van der Waals surface area (Å²) in [5.41, 5.74) is 6.25. The smallest absolute Gasteiger partial charge is 0.404 e. The largest absolute Gasteiger partial charge is 0.508 e. The van der Waals surface area contributed by atoms with Crippen LogP contribution in [0.4, 0.5) is 10.5 Å². The molecule has 0 aromatic heterocycles. The second-order valence-electron chi connectivity index (χ2n) is 3.85. The number of fused-ring (bicyclic) bond motifs is 1. The number of ether oxygens (including phenoxy) is 1. The summed E-state index contributed by atoms with van der Waals surface area (Å²) in [7, 11) is 0. The highest BCUT2D eigenvalue weighted by Gasteiger charge is 2.26. The van der Waals surface area contributed by atoms with Gasteiger partial charge < -0.3 is 20.9 Å². The number of aromatic hydroxyl groups is 1. The van der Waals surface area contributed by atoms with E-state index in [0.717, 1.165) is 5.56 Å². The highest BCUT2D eigenvalue weighted by atomic mass is 16.5. The minimum atomic E-state index is -0.865. The van der Waals surface area contributed by atoms with Gasteiger partial charge in [-0.3, -0.25) is 4.79 Å². The van der Waals surface area contributed by atoms with Gasteiger partial charge in [0.2, 0.25) is 5.91 Å². The third kappa shape index (κ3) is 2.47. The third-order valence-corrected chi connectivity index (χ3v) is 2.61. The van der Waals surface area contributed by atoms with Crippen molar-refractivity contribution in [2.45, 2.75) is 12.3 Å². The van der Waals surface area contributed by atoms with Gasteiger partial charge in [-0.15, -0.1) is 0 Å². The molecule has 0 bridgehead atoms. The first kappa shape index (κ1) is 11.3. The topological polar surface area (TPSA) is 102 Å². The Morgan fingerprint density at radius 1 is 1.59 bits per heavy atom. The number of phenolic OH excluding ortho intramolecular Hbond substituents is 1. The van der Waals surface area contributed by atoms with Gasteiger partial charge in [-0.1, -0.05) is 6.07 Å². The molecule has 1 aromatic rings. The molecule has 1 aliphatic heterocycles. The first-order chi connectivity index (χ1) is 8.06. The minimum absolute atomic E-state index is 0.0561. The van der Waals surface area contributed by atoms with E-state index in [1.54, 1.807) is 6.07 Å². The number of nitrogens with two attached hydrogens (primary N) is 1. The highest BCUT2D eigenvalue weighted by Crippen LogP contribution is 2.34. The van der Waals surface area contributed by atoms with Gasteiger partial charge in [-0.05, 0) is 11.6 Å². The molecule has 0 spiro atoms. The lowest BCUT2D eigenvalue weighted by Crippen LogP contribution is -2.27. The van der Waals surface area contributed by atoms with E-state index in [0.29, 0.717) is 5.69 Å². The zero-order chi connectivity index (χ0) is 12.4. The molecule has 90 valence electrons. The summed E-state index contributed by atoms with van der Waals surface area (Å²) < 4.78 is 4.71. The van der Waals surface area contributed by atoms with Crippen LogP contribution in [0.5, 0.6) is 5.75 Å². The van der Waals surface area contributed by atoms with Gasteiger partial charge in [-0.2, -0.15) is 0 Å². The second-order valence-corrected chi connectivity index (χ2v) is 3.85. The van der Waals surface area contributed by atoms with Crippen LogP contribution in [0.1, 0.15) is 17.9 Å². The first-order valence-electron chi connectivity index (χ1n) is 5.11. The van der Waals surface area contributed by atoms with Crippen LogP contribution in [0, 0.1) is 0 Å². The minimum Gasteiger partial charge on any atom is -0.508 e. The van der Waals surface area contributed by atoms with Crippen LogP contribution in [0.2, 0.25) is 0 Å². The molecule has 17 heavy (non-hydrogen) atoms. The quantitative estimate of drug-likeness (QED) is 0.710. The molecule has 6 nitrogen and oxygen atoms in total. The normalized spacial score (nSPS) is 18.1. The molecule has 0 saturated carbocycles. The van der Waals surface area contributed by atoms with Gasteiger partial charge in [0, 0.05) is 24.1 Å². The summed E-state index contributed by atoms with van der Waals surface area (Å²) in [5, 5.41) is 12.0. The molecule has 1 aromatic carbocycles. The van der Waals surface area contributed by atoms with Crippen molar-refractivity contribution in [1.29, 1.82) is 0 Å². The fourth-order valence-electron chi connectivity index (χ4n) is 1.87. The van der Waals surface area contributed by atoms with Gasteiger partial charge >= 0.3 is 6.09 Å². The van der Waals surface area contributed by atoms with Crippen LogP contribution in [0.25, 0.3) is 0 Å². The Balaban J connectivity index is 2.24. The zero-order valence-corrected chi connectivity index (χ0v) is 8.97. The first-order valence-corrected chi connectivity index (χ1v) is 5.11. The lowest BCUT2D eigenvalue weighted by atomic mass is 9.91. The number of phenols is 1. The lowest BCUT2D eigenvalue weighted by molar-refractivity contribution is -0.117. The molecule has 1 atom stereocenters. The number of carbonyl (C=O) groups is 2. The number of benzene rings is 1. The Labute approximate surface area is 97.4 Å². The maximum Gasteiger partial charge on any atom is 0.404 e. The van der Waals surface area contributed by atoms with Crippen molar-refractivity contribution < 1.29 is 19.4 Å². The molecule has 1 aliphatic rings. The lowest BCUT2D eigenvalue weighted by Gasteiger charge is -2.25. The number of carbonyl (C=O) groups excluding carboxylic acids is 2. The molecule has 4 N–H and O–H groups in total. The number of anilines is 1. The van der Waals surface area contributed by atoms with E-state index in [1.807, 2.05) is 0 Å². The van der Waals surface area contributed by atoms with Crippen molar-refractivity contribution in [2.24, 2.45) is 5.73 Å². The highest BCUT2D eigenvalue weighted by molar-refractivity contribution is 5.95. The summed E-state index contributed by atoms with van der Waals surface area (Å²) >= 11 is 0. The molecule has 1 heterocycles. The van der Waals surface area contributed by atoms with E-state index in [1.165, 1.54) is 12.1 Å². The zero-order valence-electron chi connectivity index (χ0n) is 8.97.